The van der Waals surface area contributed by atoms with Gasteiger partial charge in [0.1, 0.15) is 6.26 Å². The van der Waals surface area contributed by atoms with Crippen LogP contribution in [0.1, 0.15) is 12.6 Å². The zero-order valence-electron chi connectivity index (χ0n) is 15.8. The molecule has 0 spiro atoms. The van der Waals surface area contributed by atoms with Crippen LogP contribution in [-0.4, -0.2) is 21.1 Å². The van der Waals surface area contributed by atoms with Crippen molar-refractivity contribution in [1.82, 2.24) is 15.2 Å². The maximum absolute atomic E-state index is 11.2. The number of carbonyl (C=O) groups is 1. The standard InChI is InChI=1S/C20H16ClN5O2S2/c1-12(27)22-15-6-3-7-16(9-15)24-19-25-26-20(30-19)29-11-17-10-28-18(23-17)13-4-2-5-14(21)8-13/h2-10H,11H2,1H3,(H,22,27)(H,24,25). The molecule has 0 unspecified atom stereocenters. The Morgan fingerprint density at radius 2 is 2.00 bits per heavy atom. The Balaban J connectivity index is 1.36. The van der Waals surface area contributed by atoms with Crippen LogP contribution in [0.4, 0.5) is 16.5 Å². The number of carbonyl (C=O) groups excluding carboxylic acids is 1. The number of rotatable bonds is 7. The number of halogens is 1. The zero-order valence-corrected chi connectivity index (χ0v) is 18.1. The molecule has 0 aliphatic carbocycles. The SMILES string of the molecule is CC(=O)Nc1cccc(Nc2nnc(SCc3coc(-c4cccc(Cl)c4)n3)s2)c1. The largest absolute Gasteiger partial charge is 0.444 e. The first-order valence-electron chi connectivity index (χ1n) is 8.86. The Kier molecular flexibility index (Phi) is 6.32. The third-order valence-electron chi connectivity index (χ3n) is 3.81. The van der Waals surface area contributed by atoms with Gasteiger partial charge in [-0.25, -0.2) is 4.98 Å². The first-order valence-corrected chi connectivity index (χ1v) is 11.0. The first-order chi connectivity index (χ1) is 14.5. The predicted molar refractivity (Wildman–Crippen MR) is 120 cm³/mol. The van der Waals surface area contributed by atoms with Crippen molar-refractivity contribution in [3.63, 3.8) is 0 Å². The molecule has 152 valence electrons. The van der Waals surface area contributed by atoms with E-state index >= 15 is 0 Å². The molecule has 4 aromatic rings. The van der Waals surface area contributed by atoms with E-state index < -0.39 is 0 Å². The van der Waals surface area contributed by atoms with Gasteiger partial charge in [0.2, 0.25) is 16.9 Å². The smallest absolute Gasteiger partial charge is 0.226 e. The number of benzene rings is 2. The first kappa shape index (κ1) is 20.4. The average molecular weight is 458 g/mol. The number of oxazole rings is 1. The van der Waals surface area contributed by atoms with Gasteiger partial charge in [-0.2, -0.15) is 0 Å². The molecule has 0 radical (unpaired) electrons. The van der Waals surface area contributed by atoms with Crippen molar-refractivity contribution in [3.05, 3.63) is 65.5 Å². The molecule has 4 rings (SSSR count). The molecule has 0 saturated heterocycles. The van der Waals surface area contributed by atoms with Crippen molar-refractivity contribution >= 4 is 57.1 Å². The highest BCUT2D eigenvalue weighted by molar-refractivity contribution is 8.00. The van der Waals surface area contributed by atoms with Crippen LogP contribution in [0.25, 0.3) is 11.5 Å². The average Bonchev–Trinajstić information content (AvgIpc) is 3.36. The molecule has 0 aliphatic rings. The summed E-state index contributed by atoms with van der Waals surface area (Å²) < 4.78 is 6.37. The summed E-state index contributed by atoms with van der Waals surface area (Å²) in [6.45, 7) is 1.47. The van der Waals surface area contributed by atoms with Crippen molar-refractivity contribution in [1.29, 1.82) is 0 Å². The Labute approximate surface area is 185 Å². The minimum atomic E-state index is -0.117. The summed E-state index contributed by atoms with van der Waals surface area (Å²) >= 11 is 8.99. The van der Waals surface area contributed by atoms with Gasteiger partial charge in [0.05, 0.1) is 5.69 Å². The summed E-state index contributed by atoms with van der Waals surface area (Å²) in [7, 11) is 0. The summed E-state index contributed by atoms with van der Waals surface area (Å²) in [4.78, 5) is 15.7. The maximum Gasteiger partial charge on any atom is 0.226 e. The van der Waals surface area contributed by atoms with Crippen LogP contribution in [0.3, 0.4) is 0 Å². The summed E-state index contributed by atoms with van der Waals surface area (Å²) in [6.07, 6.45) is 1.64. The fraction of sp³-hybridized carbons (Fsp3) is 0.100. The Morgan fingerprint density at radius 1 is 1.17 bits per heavy atom. The summed E-state index contributed by atoms with van der Waals surface area (Å²) in [5, 5.41) is 15.6. The van der Waals surface area contributed by atoms with Gasteiger partial charge in [-0.15, -0.1) is 10.2 Å². The number of amides is 1. The van der Waals surface area contributed by atoms with E-state index in [0.717, 1.165) is 21.3 Å². The summed E-state index contributed by atoms with van der Waals surface area (Å²) in [5.41, 5.74) is 3.18. The molecule has 0 aliphatic heterocycles. The Hall–Kier alpha value is -2.88. The second kappa shape index (κ2) is 9.29. The second-order valence-corrected chi connectivity index (χ2v) is 8.84. The van der Waals surface area contributed by atoms with Crippen molar-refractivity contribution in [2.45, 2.75) is 17.0 Å². The molecule has 10 heteroatoms. The van der Waals surface area contributed by atoms with Crippen molar-refractivity contribution < 1.29 is 9.21 Å². The number of hydrogen-bond donors (Lipinski definition) is 2. The van der Waals surface area contributed by atoms with E-state index in [-0.39, 0.29) is 5.91 Å². The topological polar surface area (TPSA) is 92.9 Å². The molecule has 2 heterocycles. The highest BCUT2D eigenvalue weighted by Gasteiger charge is 2.10. The van der Waals surface area contributed by atoms with Crippen LogP contribution in [0, 0.1) is 0 Å². The van der Waals surface area contributed by atoms with Crippen molar-refractivity contribution in [2.75, 3.05) is 10.6 Å². The monoisotopic (exact) mass is 457 g/mol. The molecule has 7 nitrogen and oxygen atoms in total. The molecule has 0 atom stereocenters. The molecule has 0 bridgehead atoms. The Morgan fingerprint density at radius 3 is 2.83 bits per heavy atom. The van der Waals surface area contributed by atoms with Gasteiger partial charge < -0.3 is 15.1 Å². The summed E-state index contributed by atoms with van der Waals surface area (Å²) in [6, 6.07) is 14.8. The van der Waals surface area contributed by atoms with Crippen LogP contribution >= 0.6 is 34.7 Å². The number of aromatic nitrogens is 3. The highest BCUT2D eigenvalue weighted by Crippen LogP contribution is 2.31. The van der Waals surface area contributed by atoms with E-state index in [0.29, 0.717) is 27.5 Å². The number of thioether (sulfide) groups is 1. The molecule has 2 aromatic carbocycles. The van der Waals surface area contributed by atoms with Crippen LogP contribution in [0.15, 0.2) is 63.6 Å². The van der Waals surface area contributed by atoms with E-state index in [1.807, 2.05) is 48.5 Å². The number of nitrogens with one attached hydrogen (secondary N) is 2. The molecule has 30 heavy (non-hydrogen) atoms. The molecule has 0 fully saturated rings. The van der Waals surface area contributed by atoms with Crippen molar-refractivity contribution in [2.24, 2.45) is 0 Å². The van der Waals surface area contributed by atoms with E-state index in [1.165, 1.54) is 30.0 Å². The minimum absolute atomic E-state index is 0.117. The van der Waals surface area contributed by atoms with Crippen LogP contribution in [0.5, 0.6) is 0 Å². The summed E-state index contributed by atoms with van der Waals surface area (Å²) in [5.74, 6) is 1.02. The lowest BCUT2D eigenvalue weighted by molar-refractivity contribution is -0.114. The molecule has 2 N–H and O–H groups in total. The maximum atomic E-state index is 11.2. The van der Waals surface area contributed by atoms with Gasteiger partial charge in [-0.1, -0.05) is 46.8 Å². The van der Waals surface area contributed by atoms with E-state index in [2.05, 4.69) is 25.8 Å². The van der Waals surface area contributed by atoms with E-state index in [9.17, 15) is 4.79 Å². The third kappa shape index (κ3) is 5.38. The normalized spacial score (nSPS) is 10.7. The lowest BCUT2D eigenvalue weighted by Gasteiger charge is -2.05. The predicted octanol–water partition coefficient (Wildman–Crippen LogP) is 5.84. The van der Waals surface area contributed by atoms with E-state index in [1.54, 1.807) is 6.26 Å². The lowest BCUT2D eigenvalue weighted by Crippen LogP contribution is -2.05. The fourth-order valence-electron chi connectivity index (χ4n) is 2.58. The van der Waals surface area contributed by atoms with Gasteiger partial charge in [-0.05, 0) is 36.4 Å². The van der Waals surface area contributed by atoms with Gasteiger partial charge in [0, 0.05) is 34.6 Å². The van der Waals surface area contributed by atoms with Crippen LogP contribution < -0.4 is 10.6 Å². The number of anilines is 3. The minimum Gasteiger partial charge on any atom is -0.444 e. The van der Waals surface area contributed by atoms with Gasteiger partial charge in [0.25, 0.3) is 0 Å². The van der Waals surface area contributed by atoms with Gasteiger partial charge >= 0.3 is 0 Å². The molecular formula is C20H16ClN5O2S2. The zero-order chi connectivity index (χ0) is 20.9. The lowest BCUT2D eigenvalue weighted by atomic mass is 10.2. The van der Waals surface area contributed by atoms with Gasteiger partial charge in [0.15, 0.2) is 4.34 Å². The number of nitrogens with zero attached hydrogens (tertiary/aromatic N) is 3. The fourth-order valence-corrected chi connectivity index (χ4v) is 4.42. The number of hydrogen-bond acceptors (Lipinski definition) is 8. The molecular weight excluding hydrogens is 442 g/mol. The molecule has 2 aromatic heterocycles. The second-order valence-electron chi connectivity index (χ2n) is 6.20. The van der Waals surface area contributed by atoms with Crippen molar-refractivity contribution in [3.8, 4) is 11.5 Å². The molecule has 0 saturated carbocycles. The quantitative estimate of drug-likeness (QED) is 0.336. The van der Waals surface area contributed by atoms with Crippen LogP contribution in [0.2, 0.25) is 5.02 Å². The Bertz CT molecular complexity index is 1180. The highest BCUT2D eigenvalue weighted by atomic mass is 35.5. The van der Waals surface area contributed by atoms with Crippen LogP contribution in [-0.2, 0) is 10.5 Å². The third-order valence-corrected chi connectivity index (χ3v) is 6.05. The molecule has 1 amide bonds. The van der Waals surface area contributed by atoms with Gasteiger partial charge in [-0.3, -0.25) is 4.79 Å². The van der Waals surface area contributed by atoms with E-state index in [4.69, 9.17) is 16.0 Å².